The molecule has 0 aliphatic rings. The SMILES string of the molecule is Brc1ccc(Cc2ccc(Br)cc2)cc1.Brc1ccc(I)cc1.Brc1cccc(Cc2cccc(Br)c2)c1.F[Xe]F.ICI.O=C(O)C(F)(F)F.O=C(O)CC(=O)O.[B]=NS.[Cu].c1ccc(Cc2ccccc2)cc1.c1ccccc1. The molecule has 24 heteroatoms. The molecule has 0 atom stereocenters. The van der Waals surface area contributed by atoms with Gasteiger partial charge in [-0.05, 0) is 148 Å². The molecule has 2 radical (unpaired) electrons. The second kappa shape index (κ2) is 55.3. The predicted molar refractivity (Wildman–Crippen MR) is 357 cm³/mol. The van der Waals surface area contributed by atoms with Crippen molar-refractivity contribution >= 4 is 186 Å². The Morgan fingerprint density at radius 1 is 0.469 bits per heavy atom. The standard InChI is InChI=1S/2C13H10Br2.C13H12.C6H4BrI.C6H6.C3H4O4.C2HF3O2.CH2I2.BHNS.Cu.F2Xe/c14-12-5-1-10(2-6-12)9-11-3-7-13(15)8-4-11;14-12-5-1-3-10(8-12)7-11-4-2-6-13(15)9-11;1-3-7-12(8-4-1)11-13-9-5-2-6-10-13;7-5-1-3-6(8)4-2-5;1-2-4-6-5-3-1;4-2(5)1-3(6)7;3-2(4,5)1(6)7;2-1-3;1-2-3;;1-3-2/h1-8H,9H2;1-6,8-9H,7H2;1-10H,11H2;1-4H;1-6H;1H2,(H,4,5)(H,6,7);(H,6,7);1H2;3H;;. The van der Waals surface area contributed by atoms with E-state index in [9.17, 15) is 22.9 Å². The fraction of sp³-hybridized carbons (Fsp3) is 0.105. The zero-order valence-electron chi connectivity index (χ0n) is 41.9. The van der Waals surface area contributed by atoms with Crippen LogP contribution in [0, 0.1) is 49.6 Å². The van der Waals surface area contributed by atoms with E-state index in [-0.39, 0.29) is 17.1 Å². The van der Waals surface area contributed by atoms with E-state index in [1.807, 2.05) is 60.7 Å². The maximum atomic E-state index is 10.6. The summed E-state index contributed by atoms with van der Waals surface area (Å²) in [4.78, 5) is 27.8. The minimum Gasteiger partial charge on any atom is -0.0623 e. The molecule has 0 heterocycles. The van der Waals surface area contributed by atoms with Gasteiger partial charge < -0.3 is 15.3 Å². The number of thiol groups is 1. The van der Waals surface area contributed by atoms with Crippen molar-refractivity contribution in [3.8, 4) is 0 Å². The Morgan fingerprint density at radius 2 is 0.691 bits per heavy atom. The van der Waals surface area contributed by atoms with Gasteiger partial charge in [0, 0.05) is 43.0 Å². The second-order valence-corrected chi connectivity index (χ2v) is 25.4. The van der Waals surface area contributed by atoms with E-state index < -0.39 is 76.5 Å². The fourth-order valence-electron chi connectivity index (χ4n) is 5.34. The Hall–Kier alpha value is -1.28. The van der Waals surface area contributed by atoms with Crippen LogP contribution in [0.2, 0.25) is 0 Å². The molecule has 0 aliphatic carbocycles. The molecule has 0 saturated carbocycles. The van der Waals surface area contributed by atoms with Gasteiger partial charge in [-0.3, -0.25) is 9.59 Å². The summed E-state index contributed by atoms with van der Waals surface area (Å²) in [6.07, 6.45) is -2.90. The van der Waals surface area contributed by atoms with E-state index >= 15 is 0 Å². The van der Waals surface area contributed by atoms with Crippen LogP contribution in [0.4, 0.5) is 13.3 Å². The number of alkyl halides is 5. The molecule has 3 N–H and O–H groups in total. The number of halogens is 13. The number of rotatable bonds is 8. The summed E-state index contributed by atoms with van der Waals surface area (Å²) in [6, 6.07) is 75.0. The Labute approximate surface area is 599 Å². The van der Waals surface area contributed by atoms with Gasteiger partial charge in [-0.1, -0.05) is 270 Å². The van der Waals surface area contributed by atoms with Crippen molar-refractivity contribution in [1.82, 2.24) is 0 Å². The zero-order chi connectivity index (χ0) is 60.6. The Bertz CT molecular complexity index is 2680. The van der Waals surface area contributed by atoms with Crippen molar-refractivity contribution < 1.29 is 106 Å². The third kappa shape index (κ3) is 53.9. The minimum absolute atomic E-state index is 0. The van der Waals surface area contributed by atoms with Crippen LogP contribution in [0.1, 0.15) is 39.8 Å². The number of carboxylic acid groups (broad SMARTS) is 3. The molecule has 0 aliphatic heterocycles. The second-order valence-electron chi connectivity index (χ2n) is 14.6. The van der Waals surface area contributed by atoms with Gasteiger partial charge in [0.1, 0.15) is 6.42 Å². The average molecular weight is 1960 g/mol. The van der Waals surface area contributed by atoms with E-state index in [1.54, 1.807) is 0 Å². The van der Waals surface area contributed by atoms with E-state index in [0.29, 0.717) is 0 Å². The molecule has 0 unspecified atom stereocenters. The number of benzene rings is 8. The Balaban J connectivity index is -0.000000873. The third-order valence-electron chi connectivity index (χ3n) is 8.53. The van der Waals surface area contributed by atoms with Gasteiger partial charge in [-0.25, -0.2) is 4.79 Å². The van der Waals surface area contributed by atoms with Gasteiger partial charge in [0.2, 0.25) is 0 Å². The van der Waals surface area contributed by atoms with Crippen molar-refractivity contribution in [1.29, 1.82) is 0 Å². The predicted octanol–water partition coefficient (Wildman–Crippen LogP) is 20.6. The molecule has 0 spiro atoms. The fourth-order valence-corrected chi connectivity index (χ4v) is 7.39. The molecule has 0 bridgehead atoms. The average Bonchev–Trinajstić information content (AvgIpc) is 3.41. The largest absolute Gasteiger partial charge is 0.0623 e. The summed E-state index contributed by atoms with van der Waals surface area (Å²) >= 11 is 24.9. The molecule has 0 amide bonds. The molecule has 438 valence electrons. The topological polar surface area (TPSA) is 124 Å². The minimum atomic E-state index is -5.08. The summed E-state index contributed by atoms with van der Waals surface area (Å²) in [6.45, 7) is 0. The number of hydrogen-bond acceptors (Lipinski definition) is 5. The number of nitrogens with zero attached hydrogens (tertiary/aromatic N) is 1. The first-order valence-corrected chi connectivity index (χ1v) is 32.3. The van der Waals surface area contributed by atoms with Crippen LogP contribution < -0.4 is 0 Å². The van der Waals surface area contributed by atoms with Crippen LogP contribution in [0.15, 0.2) is 245 Å². The van der Waals surface area contributed by atoms with Gasteiger partial charge in [0.05, 0.1) is 2.43 Å². The summed E-state index contributed by atoms with van der Waals surface area (Å²) in [7, 11) is 4.34. The summed E-state index contributed by atoms with van der Waals surface area (Å²) < 4.78 is 62.0. The number of aliphatic carboxylic acids is 3. The van der Waals surface area contributed by atoms with E-state index in [2.05, 4.69) is 330 Å². The molecule has 8 rings (SSSR count). The van der Waals surface area contributed by atoms with Crippen molar-refractivity contribution in [2.24, 2.45) is 4.30 Å². The summed E-state index contributed by atoms with van der Waals surface area (Å²) in [5, 5.41) is 22.5. The number of carboxylic acids is 3. The molecular formula is C57H50BBr5CuF5I3NO6SXe. The molecular weight excluding hydrogens is 1910 g/mol. The van der Waals surface area contributed by atoms with E-state index in [1.165, 1.54) is 39.4 Å². The third-order valence-corrected chi connectivity index (χ3v) is 11.8. The maximum Gasteiger partial charge on any atom is 0 e. The van der Waals surface area contributed by atoms with E-state index in [0.717, 1.165) is 41.6 Å². The van der Waals surface area contributed by atoms with Gasteiger partial charge >= 0.3 is 95.0 Å². The van der Waals surface area contributed by atoms with Crippen LogP contribution in [0.3, 0.4) is 0 Å². The number of carbonyl (C=O) groups is 3. The van der Waals surface area contributed by atoms with Crippen LogP contribution in [-0.4, -0.2) is 49.5 Å². The zero-order valence-corrected chi connectivity index (χ0v) is 60.2. The molecule has 0 fully saturated rings. The van der Waals surface area contributed by atoms with Gasteiger partial charge in [-0.2, -0.15) is 13.2 Å². The van der Waals surface area contributed by atoms with Crippen molar-refractivity contribution in [2.45, 2.75) is 31.9 Å². The molecule has 8 aromatic carbocycles. The smallest absolute Gasteiger partial charge is 0 e. The Kier molecular flexibility index (Phi) is 57.3. The molecule has 0 aromatic heterocycles. The van der Waals surface area contributed by atoms with Crippen LogP contribution in [0.5, 0.6) is 0 Å². The van der Waals surface area contributed by atoms with Gasteiger partial charge in [0.15, 0.2) is 0 Å². The first-order chi connectivity index (χ1) is 38.0. The van der Waals surface area contributed by atoms with Crippen molar-refractivity contribution in [3.05, 3.63) is 278 Å². The molecule has 0 saturated heterocycles. The summed E-state index contributed by atoms with van der Waals surface area (Å²) in [5.74, 6) is -5.38. The van der Waals surface area contributed by atoms with E-state index in [4.69, 9.17) is 20.1 Å². The maximum absolute atomic E-state index is 10.6. The monoisotopic (exact) mass is 1950 g/mol. The first-order valence-electron chi connectivity index (χ1n) is 22.3. The van der Waals surface area contributed by atoms with Crippen molar-refractivity contribution in [3.63, 3.8) is 0 Å². The Morgan fingerprint density at radius 3 is 0.914 bits per heavy atom. The number of hydrogen-bond donors (Lipinski definition) is 4. The van der Waals surface area contributed by atoms with Crippen LogP contribution >= 0.6 is 160 Å². The first kappa shape index (κ1) is 83.9. The normalized spacial score (nSPS) is 9.20. The summed E-state index contributed by atoms with van der Waals surface area (Å²) in [5.41, 5.74) is 8.05. The molecule has 81 heavy (non-hydrogen) atoms. The van der Waals surface area contributed by atoms with Crippen molar-refractivity contribution in [2.75, 3.05) is 2.43 Å². The van der Waals surface area contributed by atoms with Crippen LogP contribution in [0.25, 0.3) is 0 Å². The molecule has 7 nitrogen and oxygen atoms in total. The quantitative estimate of drug-likeness (QED) is 0.0300. The van der Waals surface area contributed by atoms with Crippen LogP contribution in [-0.2, 0) is 50.7 Å². The molecule has 8 aromatic rings. The van der Waals surface area contributed by atoms with Gasteiger partial charge in [-0.15, -0.1) is 0 Å². The van der Waals surface area contributed by atoms with Gasteiger partial charge in [0.25, 0.3) is 0 Å².